The Morgan fingerprint density at radius 2 is 1.91 bits per heavy atom. The Kier molecular flexibility index (Phi) is 6.22. The van der Waals surface area contributed by atoms with Crippen LogP contribution in [0.2, 0.25) is 0 Å². The Balaban J connectivity index is 2.18. The molecule has 0 aliphatic heterocycles. The Morgan fingerprint density at radius 3 is 2.57 bits per heavy atom. The van der Waals surface area contributed by atoms with E-state index in [1.807, 2.05) is 25.1 Å². The zero-order valence-electron chi connectivity index (χ0n) is 13.7. The van der Waals surface area contributed by atoms with E-state index in [2.05, 4.69) is 35.0 Å². The number of esters is 1. The molecule has 0 aliphatic rings. The monoisotopic (exact) mass is 376 g/mol. The molecule has 0 atom stereocenters. The van der Waals surface area contributed by atoms with Crippen molar-refractivity contribution in [2.75, 3.05) is 0 Å². The molecule has 2 aromatic carbocycles. The third kappa shape index (κ3) is 4.58. The Bertz CT molecular complexity index is 695. The highest BCUT2D eigenvalue weighted by molar-refractivity contribution is 9.10. The van der Waals surface area contributed by atoms with Crippen LogP contribution in [-0.4, -0.2) is 5.97 Å². The number of aryl methyl sites for hydroxylation is 2. The Labute approximate surface area is 145 Å². The first-order valence-corrected chi connectivity index (χ1v) is 8.54. The maximum absolute atomic E-state index is 11.6. The van der Waals surface area contributed by atoms with Crippen molar-refractivity contribution in [1.82, 2.24) is 0 Å². The van der Waals surface area contributed by atoms with Gasteiger partial charge in [0.2, 0.25) is 0 Å². The van der Waals surface area contributed by atoms with Crippen LogP contribution in [0.1, 0.15) is 37.0 Å². The molecule has 0 saturated heterocycles. The molecule has 0 spiro atoms. The van der Waals surface area contributed by atoms with Gasteiger partial charge in [0.25, 0.3) is 0 Å². The number of hydrogen-bond donors (Lipinski definition) is 0. The zero-order chi connectivity index (χ0) is 16.8. The highest BCUT2D eigenvalue weighted by Gasteiger charge is 2.12. The van der Waals surface area contributed by atoms with E-state index in [0.717, 1.165) is 27.8 Å². The molecule has 0 fully saturated rings. The summed E-state index contributed by atoms with van der Waals surface area (Å²) >= 11 is 3.54. The standard InChI is InChI=1S/C19H21BrO3/c1-4-14-9-10-18(16(20)11-14)22-12-15-13(3)7-6-8-17(15)23-19(21)5-2/h6-11H,4-5,12H2,1-3H3. The summed E-state index contributed by atoms with van der Waals surface area (Å²) in [6.07, 6.45) is 1.33. The van der Waals surface area contributed by atoms with Gasteiger partial charge in [-0.3, -0.25) is 4.79 Å². The average molecular weight is 377 g/mol. The lowest BCUT2D eigenvalue weighted by Gasteiger charge is -2.14. The molecule has 4 heteroatoms. The Hall–Kier alpha value is -1.81. The van der Waals surface area contributed by atoms with Gasteiger partial charge < -0.3 is 9.47 Å². The van der Waals surface area contributed by atoms with Crippen molar-refractivity contribution in [1.29, 1.82) is 0 Å². The molecule has 122 valence electrons. The van der Waals surface area contributed by atoms with Crippen LogP contribution in [0, 0.1) is 6.92 Å². The van der Waals surface area contributed by atoms with Gasteiger partial charge in [0.1, 0.15) is 18.1 Å². The van der Waals surface area contributed by atoms with Crippen molar-refractivity contribution in [3.63, 3.8) is 0 Å². The normalized spacial score (nSPS) is 10.4. The maximum atomic E-state index is 11.6. The number of rotatable bonds is 6. The van der Waals surface area contributed by atoms with Gasteiger partial charge >= 0.3 is 5.97 Å². The van der Waals surface area contributed by atoms with E-state index in [-0.39, 0.29) is 5.97 Å². The molecule has 0 bridgehead atoms. The van der Waals surface area contributed by atoms with E-state index < -0.39 is 0 Å². The van der Waals surface area contributed by atoms with Gasteiger partial charge in [-0.15, -0.1) is 0 Å². The summed E-state index contributed by atoms with van der Waals surface area (Å²) in [5.74, 6) is 1.10. The second-order valence-electron chi connectivity index (χ2n) is 5.29. The summed E-state index contributed by atoms with van der Waals surface area (Å²) < 4.78 is 12.2. The molecule has 0 saturated carbocycles. The van der Waals surface area contributed by atoms with Crippen LogP contribution in [0.25, 0.3) is 0 Å². The van der Waals surface area contributed by atoms with Crippen LogP contribution in [0.4, 0.5) is 0 Å². The third-order valence-electron chi connectivity index (χ3n) is 3.66. The van der Waals surface area contributed by atoms with Crippen molar-refractivity contribution in [2.24, 2.45) is 0 Å². The molecule has 0 amide bonds. The molecule has 0 heterocycles. The molecule has 23 heavy (non-hydrogen) atoms. The van der Waals surface area contributed by atoms with Crippen molar-refractivity contribution >= 4 is 21.9 Å². The minimum absolute atomic E-state index is 0.245. The minimum atomic E-state index is -0.245. The number of carbonyl (C=O) groups is 1. The number of carbonyl (C=O) groups excluding carboxylic acids is 1. The fourth-order valence-corrected chi connectivity index (χ4v) is 2.72. The van der Waals surface area contributed by atoms with E-state index >= 15 is 0 Å². The van der Waals surface area contributed by atoms with Gasteiger partial charge in [0, 0.05) is 12.0 Å². The van der Waals surface area contributed by atoms with Crippen LogP contribution >= 0.6 is 15.9 Å². The summed E-state index contributed by atoms with van der Waals surface area (Å²) in [4.78, 5) is 11.6. The number of benzene rings is 2. The lowest BCUT2D eigenvalue weighted by molar-refractivity contribution is -0.134. The lowest BCUT2D eigenvalue weighted by atomic mass is 10.1. The van der Waals surface area contributed by atoms with Gasteiger partial charge in [0.15, 0.2) is 0 Å². The fourth-order valence-electron chi connectivity index (χ4n) is 2.18. The first-order chi connectivity index (χ1) is 11.0. The van der Waals surface area contributed by atoms with E-state index in [1.165, 1.54) is 5.56 Å². The predicted octanol–water partition coefficient (Wildman–Crippen LogP) is 5.21. The Morgan fingerprint density at radius 1 is 1.13 bits per heavy atom. The summed E-state index contributed by atoms with van der Waals surface area (Å²) in [5, 5.41) is 0. The largest absolute Gasteiger partial charge is 0.488 e. The highest BCUT2D eigenvalue weighted by Crippen LogP contribution is 2.29. The summed E-state index contributed by atoms with van der Waals surface area (Å²) in [6, 6.07) is 11.7. The van der Waals surface area contributed by atoms with E-state index in [9.17, 15) is 4.79 Å². The second-order valence-corrected chi connectivity index (χ2v) is 6.14. The molecule has 3 nitrogen and oxygen atoms in total. The molecule has 0 unspecified atom stereocenters. The third-order valence-corrected chi connectivity index (χ3v) is 4.28. The molecule has 2 rings (SSSR count). The molecule has 0 radical (unpaired) electrons. The van der Waals surface area contributed by atoms with Gasteiger partial charge in [0.05, 0.1) is 4.47 Å². The average Bonchev–Trinajstić information content (AvgIpc) is 2.55. The van der Waals surface area contributed by atoms with Crippen molar-refractivity contribution in [3.8, 4) is 11.5 Å². The van der Waals surface area contributed by atoms with Crippen LogP contribution < -0.4 is 9.47 Å². The van der Waals surface area contributed by atoms with Crippen LogP contribution in [0.5, 0.6) is 11.5 Å². The summed E-state index contributed by atoms with van der Waals surface area (Å²) in [6.45, 7) is 6.23. The number of hydrogen-bond acceptors (Lipinski definition) is 3. The van der Waals surface area contributed by atoms with E-state index in [1.54, 1.807) is 13.0 Å². The zero-order valence-corrected chi connectivity index (χ0v) is 15.3. The fraction of sp³-hybridized carbons (Fsp3) is 0.316. The second kappa shape index (κ2) is 8.16. The van der Waals surface area contributed by atoms with Gasteiger partial charge in [-0.05, 0) is 58.6 Å². The van der Waals surface area contributed by atoms with Gasteiger partial charge in [-0.2, -0.15) is 0 Å². The summed E-state index contributed by atoms with van der Waals surface area (Å²) in [7, 11) is 0. The lowest BCUT2D eigenvalue weighted by Crippen LogP contribution is -2.09. The first kappa shape index (κ1) is 17.5. The van der Waals surface area contributed by atoms with Crippen molar-refractivity contribution in [2.45, 2.75) is 40.2 Å². The van der Waals surface area contributed by atoms with Crippen molar-refractivity contribution in [3.05, 3.63) is 57.6 Å². The number of halogens is 1. The number of ether oxygens (including phenoxy) is 2. The molecular formula is C19H21BrO3. The van der Waals surface area contributed by atoms with E-state index in [4.69, 9.17) is 9.47 Å². The van der Waals surface area contributed by atoms with Gasteiger partial charge in [-0.1, -0.05) is 32.0 Å². The van der Waals surface area contributed by atoms with Crippen LogP contribution in [0.3, 0.4) is 0 Å². The highest BCUT2D eigenvalue weighted by atomic mass is 79.9. The topological polar surface area (TPSA) is 35.5 Å². The van der Waals surface area contributed by atoms with Crippen molar-refractivity contribution < 1.29 is 14.3 Å². The SMILES string of the molecule is CCC(=O)Oc1cccc(C)c1COc1ccc(CC)cc1Br. The van der Waals surface area contributed by atoms with Crippen LogP contribution in [-0.2, 0) is 17.8 Å². The first-order valence-electron chi connectivity index (χ1n) is 7.75. The maximum Gasteiger partial charge on any atom is 0.310 e. The quantitative estimate of drug-likeness (QED) is 0.512. The molecule has 0 N–H and O–H groups in total. The smallest absolute Gasteiger partial charge is 0.310 e. The summed E-state index contributed by atoms with van der Waals surface area (Å²) in [5.41, 5.74) is 3.17. The van der Waals surface area contributed by atoms with E-state index in [0.29, 0.717) is 18.8 Å². The molecule has 0 aromatic heterocycles. The van der Waals surface area contributed by atoms with Crippen LogP contribution in [0.15, 0.2) is 40.9 Å². The predicted molar refractivity (Wildman–Crippen MR) is 95.0 cm³/mol. The van der Waals surface area contributed by atoms with Gasteiger partial charge in [-0.25, -0.2) is 0 Å². The molecule has 0 aliphatic carbocycles. The minimum Gasteiger partial charge on any atom is -0.488 e. The molecule has 2 aromatic rings. The molecular weight excluding hydrogens is 356 g/mol.